The molecule has 0 radical (unpaired) electrons. The van der Waals surface area contributed by atoms with Crippen molar-refractivity contribution in [2.24, 2.45) is 0 Å². The van der Waals surface area contributed by atoms with Crippen molar-refractivity contribution in [3.63, 3.8) is 0 Å². The smallest absolute Gasteiger partial charge is 0.135 e. The molecule has 1 aromatic heterocycles. The molecule has 0 spiro atoms. The van der Waals surface area contributed by atoms with Gasteiger partial charge < -0.3 is 9.30 Å². The average Bonchev–Trinajstić information content (AvgIpc) is 3.63. The van der Waals surface area contributed by atoms with Gasteiger partial charge in [0.1, 0.15) is 11.5 Å². The Kier molecular flexibility index (Phi) is 5.76. The molecule has 8 aromatic carbocycles. The Hall–Kier alpha value is -6.38. The first-order valence-corrected chi connectivity index (χ1v) is 17.8. The van der Waals surface area contributed by atoms with Gasteiger partial charge in [-0.25, -0.2) is 0 Å². The predicted molar refractivity (Wildman–Crippen MR) is 212 cm³/mol. The van der Waals surface area contributed by atoms with E-state index in [1.54, 1.807) is 0 Å². The van der Waals surface area contributed by atoms with Gasteiger partial charge in [-0.3, -0.25) is 0 Å². The van der Waals surface area contributed by atoms with Crippen molar-refractivity contribution in [1.29, 1.82) is 0 Å². The summed E-state index contributed by atoms with van der Waals surface area (Å²) in [5.41, 5.74) is 16.2. The minimum atomic E-state index is -0.0420. The molecule has 0 fully saturated rings. The van der Waals surface area contributed by atoms with Crippen LogP contribution in [0.3, 0.4) is 0 Å². The monoisotopic (exact) mass is 651 g/mol. The summed E-state index contributed by atoms with van der Waals surface area (Å²) in [6.07, 6.45) is 0. The molecule has 51 heavy (non-hydrogen) atoms. The van der Waals surface area contributed by atoms with Gasteiger partial charge in [0, 0.05) is 32.8 Å². The maximum Gasteiger partial charge on any atom is 0.135 e. The second kappa shape index (κ2) is 10.3. The van der Waals surface area contributed by atoms with Gasteiger partial charge in [0.2, 0.25) is 0 Å². The van der Waals surface area contributed by atoms with E-state index in [1.165, 1.54) is 83.0 Å². The maximum absolute atomic E-state index is 6.66. The highest BCUT2D eigenvalue weighted by Crippen LogP contribution is 2.52. The summed E-state index contributed by atoms with van der Waals surface area (Å²) in [5.74, 6) is 1.80. The molecule has 11 rings (SSSR count). The highest BCUT2D eigenvalue weighted by molar-refractivity contribution is 6.13. The molecule has 0 saturated heterocycles. The Morgan fingerprint density at radius 2 is 1.08 bits per heavy atom. The Morgan fingerprint density at radius 3 is 2.00 bits per heavy atom. The van der Waals surface area contributed by atoms with E-state index in [-0.39, 0.29) is 5.41 Å². The van der Waals surface area contributed by atoms with E-state index in [1.807, 2.05) is 0 Å². The zero-order valence-electron chi connectivity index (χ0n) is 28.4. The molecule has 1 aliphatic heterocycles. The van der Waals surface area contributed by atoms with Crippen molar-refractivity contribution < 1.29 is 4.74 Å². The molecular formula is C49H33NO. The topological polar surface area (TPSA) is 14.2 Å². The fraction of sp³-hybridized carbons (Fsp3) is 0.0612. The van der Waals surface area contributed by atoms with Gasteiger partial charge in [-0.15, -0.1) is 0 Å². The van der Waals surface area contributed by atoms with E-state index in [0.717, 1.165) is 22.4 Å². The molecule has 1 aliphatic carbocycles. The van der Waals surface area contributed by atoms with Gasteiger partial charge in [0.05, 0.1) is 11.0 Å². The molecular weight excluding hydrogens is 619 g/mol. The lowest BCUT2D eigenvalue weighted by atomic mass is 9.81. The maximum atomic E-state index is 6.66. The first-order valence-electron chi connectivity index (χ1n) is 17.8. The molecule has 2 aliphatic rings. The van der Waals surface area contributed by atoms with Crippen LogP contribution in [-0.4, -0.2) is 4.57 Å². The number of rotatable bonds is 3. The van der Waals surface area contributed by atoms with Crippen LogP contribution in [0.4, 0.5) is 0 Å². The number of hydrogen-bond donors (Lipinski definition) is 0. The van der Waals surface area contributed by atoms with Crippen LogP contribution in [0, 0.1) is 0 Å². The molecule has 2 heteroatoms. The van der Waals surface area contributed by atoms with E-state index in [9.17, 15) is 0 Å². The molecule has 2 nitrogen and oxygen atoms in total. The number of benzene rings is 8. The lowest BCUT2D eigenvalue weighted by molar-refractivity contribution is 0.487. The van der Waals surface area contributed by atoms with E-state index in [4.69, 9.17) is 4.74 Å². The highest BCUT2D eigenvalue weighted by atomic mass is 16.5. The third-order valence-electron chi connectivity index (χ3n) is 11.4. The minimum Gasteiger partial charge on any atom is -0.456 e. The van der Waals surface area contributed by atoms with Crippen LogP contribution >= 0.6 is 0 Å². The van der Waals surface area contributed by atoms with Crippen LogP contribution in [0.5, 0.6) is 11.5 Å². The number of aromatic nitrogens is 1. The van der Waals surface area contributed by atoms with E-state index < -0.39 is 0 Å². The van der Waals surface area contributed by atoms with Gasteiger partial charge in [-0.05, 0) is 110 Å². The Labute approximate surface area is 296 Å². The van der Waals surface area contributed by atoms with Crippen molar-refractivity contribution >= 4 is 32.6 Å². The Bertz CT molecular complexity index is 2910. The molecule has 240 valence electrons. The number of ether oxygens (including phenoxy) is 1. The zero-order chi connectivity index (χ0) is 33.8. The fourth-order valence-corrected chi connectivity index (χ4v) is 8.94. The first kappa shape index (κ1) is 28.5. The first-order chi connectivity index (χ1) is 25.0. The Balaban J connectivity index is 1.05. The van der Waals surface area contributed by atoms with Crippen LogP contribution in [0.2, 0.25) is 0 Å². The molecule has 0 amide bonds. The minimum absolute atomic E-state index is 0.0420. The summed E-state index contributed by atoms with van der Waals surface area (Å²) in [6, 6.07) is 59.8. The second-order valence-corrected chi connectivity index (χ2v) is 14.5. The van der Waals surface area contributed by atoms with Crippen LogP contribution in [-0.2, 0) is 5.41 Å². The summed E-state index contributed by atoms with van der Waals surface area (Å²) in [4.78, 5) is 0. The fourth-order valence-electron chi connectivity index (χ4n) is 8.94. The van der Waals surface area contributed by atoms with Crippen molar-refractivity contribution in [1.82, 2.24) is 4.57 Å². The van der Waals surface area contributed by atoms with Gasteiger partial charge >= 0.3 is 0 Å². The van der Waals surface area contributed by atoms with E-state index >= 15 is 0 Å². The molecule has 2 heterocycles. The molecule has 0 unspecified atom stereocenters. The third kappa shape index (κ3) is 3.99. The summed E-state index contributed by atoms with van der Waals surface area (Å²) in [6.45, 7) is 4.69. The average molecular weight is 652 g/mol. The SMILES string of the molecule is CC1(C)c2ccccc2-c2ccc(-c3ccc4c(c3)-c3cccc5c(-c6ccc7c(c6)c6ccccc6n7-c6ccccc6)ccc(c35)O4)cc21. The second-order valence-electron chi connectivity index (χ2n) is 14.5. The quantitative estimate of drug-likeness (QED) is 0.185. The molecule has 9 aromatic rings. The van der Waals surface area contributed by atoms with Crippen LogP contribution < -0.4 is 4.74 Å². The zero-order valence-corrected chi connectivity index (χ0v) is 28.4. The van der Waals surface area contributed by atoms with Crippen LogP contribution in [0.1, 0.15) is 25.0 Å². The van der Waals surface area contributed by atoms with Crippen molar-refractivity contribution in [2.45, 2.75) is 19.3 Å². The van der Waals surface area contributed by atoms with Crippen LogP contribution in [0.15, 0.2) is 164 Å². The third-order valence-corrected chi connectivity index (χ3v) is 11.4. The molecule has 0 bridgehead atoms. The Morgan fingerprint density at radius 1 is 0.412 bits per heavy atom. The highest BCUT2D eigenvalue weighted by Gasteiger charge is 2.35. The van der Waals surface area contributed by atoms with Gasteiger partial charge in [-0.1, -0.05) is 123 Å². The van der Waals surface area contributed by atoms with Gasteiger partial charge in [-0.2, -0.15) is 0 Å². The molecule has 0 N–H and O–H groups in total. The predicted octanol–water partition coefficient (Wildman–Crippen LogP) is 13.3. The molecule has 0 atom stereocenters. The summed E-state index contributed by atoms with van der Waals surface area (Å²) in [7, 11) is 0. The number of hydrogen-bond acceptors (Lipinski definition) is 1. The number of para-hydroxylation sites is 2. The van der Waals surface area contributed by atoms with Gasteiger partial charge in [0.15, 0.2) is 0 Å². The summed E-state index contributed by atoms with van der Waals surface area (Å²) in [5, 5.41) is 4.87. The summed E-state index contributed by atoms with van der Waals surface area (Å²) >= 11 is 0. The van der Waals surface area contributed by atoms with Crippen LogP contribution in [0.25, 0.3) is 82.8 Å². The standard InChI is InChI=1S/C49H33NO/c1-49(2)42-17-8-6-13-35(42)36-22-19-31(29-43(36)49)30-21-25-46-41(27-30)39-16-10-15-38-34(23-26-47(51-46)48(38)39)32-20-24-45-40(28-32)37-14-7-9-18-44(37)50(45)33-11-4-3-5-12-33/h3-29H,1-2H3. The van der Waals surface area contributed by atoms with Crippen molar-refractivity contribution in [3.05, 3.63) is 175 Å². The number of fused-ring (bicyclic) bond motifs is 8. The molecule has 0 saturated carbocycles. The summed E-state index contributed by atoms with van der Waals surface area (Å²) < 4.78 is 9.03. The number of nitrogens with zero attached hydrogens (tertiary/aromatic N) is 1. The lowest BCUT2D eigenvalue weighted by Gasteiger charge is -2.24. The normalized spacial score (nSPS) is 13.6. The van der Waals surface area contributed by atoms with Crippen molar-refractivity contribution in [2.75, 3.05) is 0 Å². The lowest BCUT2D eigenvalue weighted by Crippen LogP contribution is -2.14. The van der Waals surface area contributed by atoms with Crippen molar-refractivity contribution in [3.8, 4) is 61.7 Å². The van der Waals surface area contributed by atoms with Gasteiger partial charge in [0.25, 0.3) is 0 Å². The largest absolute Gasteiger partial charge is 0.456 e. The van der Waals surface area contributed by atoms with E-state index in [2.05, 4.69) is 182 Å². The van der Waals surface area contributed by atoms with E-state index in [0.29, 0.717) is 0 Å².